The molecule has 1 aliphatic heterocycles. The van der Waals surface area contributed by atoms with E-state index in [9.17, 15) is 4.39 Å². The Morgan fingerprint density at radius 1 is 1.29 bits per heavy atom. The first kappa shape index (κ1) is 18.5. The number of aliphatic imine (C=N–C) groups is 1. The molecule has 1 aromatic carbocycles. The van der Waals surface area contributed by atoms with E-state index in [1.165, 1.54) is 12.1 Å². The van der Waals surface area contributed by atoms with Crippen molar-refractivity contribution in [2.45, 2.75) is 39.7 Å². The van der Waals surface area contributed by atoms with Crippen molar-refractivity contribution in [3.63, 3.8) is 0 Å². The van der Waals surface area contributed by atoms with Gasteiger partial charge in [-0.2, -0.15) is 0 Å². The zero-order chi connectivity index (χ0) is 17.4. The molecule has 134 valence electrons. The maximum atomic E-state index is 13.7. The minimum absolute atomic E-state index is 0.220. The summed E-state index contributed by atoms with van der Waals surface area (Å²) in [5, 5.41) is 6.62. The molecule has 0 atom stereocenters. The molecule has 0 radical (unpaired) electrons. The lowest BCUT2D eigenvalue weighted by Gasteiger charge is -2.21. The number of fused-ring (bicyclic) bond motifs is 1. The van der Waals surface area contributed by atoms with Crippen LogP contribution in [0.1, 0.15) is 37.8 Å². The van der Waals surface area contributed by atoms with Crippen LogP contribution in [0.3, 0.4) is 0 Å². The van der Waals surface area contributed by atoms with Gasteiger partial charge in [0.15, 0.2) is 12.8 Å². The van der Waals surface area contributed by atoms with Crippen LogP contribution in [0.4, 0.5) is 4.39 Å². The first-order chi connectivity index (χ1) is 11.7. The highest BCUT2D eigenvalue weighted by molar-refractivity contribution is 5.79. The van der Waals surface area contributed by atoms with Gasteiger partial charge in [0.25, 0.3) is 0 Å². The third kappa shape index (κ3) is 5.09. The van der Waals surface area contributed by atoms with Crippen LogP contribution in [0.5, 0.6) is 5.75 Å². The Morgan fingerprint density at radius 3 is 2.79 bits per heavy atom. The van der Waals surface area contributed by atoms with Gasteiger partial charge in [-0.3, -0.25) is 4.99 Å². The minimum atomic E-state index is -0.255. The molecular formula is C18H28FN3O2. The molecule has 0 bridgehead atoms. The van der Waals surface area contributed by atoms with Gasteiger partial charge in [0.1, 0.15) is 11.6 Å². The highest BCUT2D eigenvalue weighted by atomic mass is 19.1. The van der Waals surface area contributed by atoms with Gasteiger partial charge < -0.3 is 20.1 Å². The Kier molecular flexibility index (Phi) is 7.31. The average molecular weight is 337 g/mol. The van der Waals surface area contributed by atoms with Crippen molar-refractivity contribution >= 4 is 5.96 Å². The highest BCUT2D eigenvalue weighted by Gasteiger charge is 2.16. The molecule has 0 unspecified atom stereocenters. The predicted octanol–water partition coefficient (Wildman–Crippen LogP) is 2.84. The zero-order valence-electron chi connectivity index (χ0n) is 14.8. The summed E-state index contributed by atoms with van der Waals surface area (Å²) >= 11 is 0. The van der Waals surface area contributed by atoms with E-state index in [4.69, 9.17) is 9.47 Å². The molecule has 1 heterocycles. The minimum Gasteiger partial charge on any atom is -0.467 e. The van der Waals surface area contributed by atoms with Crippen LogP contribution in [0.2, 0.25) is 0 Å². The standard InChI is InChI=1S/C18H28FN3O2/c1-4-13(5-2)10-22-18(20-3)21-7-6-14-8-16(19)9-15-11-23-12-24-17(14)15/h8-9,13H,4-7,10-12H2,1-3H3,(H2,20,21,22). The first-order valence-electron chi connectivity index (χ1n) is 8.64. The first-order valence-corrected chi connectivity index (χ1v) is 8.64. The molecule has 24 heavy (non-hydrogen) atoms. The van der Waals surface area contributed by atoms with Crippen LogP contribution in [0, 0.1) is 11.7 Å². The van der Waals surface area contributed by atoms with E-state index in [0.29, 0.717) is 25.5 Å². The lowest BCUT2D eigenvalue weighted by atomic mass is 10.0. The van der Waals surface area contributed by atoms with E-state index < -0.39 is 0 Å². The van der Waals surface area contributed by atoms with Crippen LogP contribution >= 0.6 is 0 Å². The molecule has 0 saturated carbocycles. The quantitative estimate of drug-likeness (QED) is 0.593. The number of nitrogens with zero attached hydrogens (tertiary/aromatic N) is 1. The molecule has 0 saturated heterocycles. The molecule has 2 N–H and O–H groups in total. The fraction of sp³-hybridized carbons (Fsp3) is 0.611. The van der Waals surface area contributed by atoms with E-state index in [2.05, 4.69) is 29.5 Å². The van der Waals surface area contributed by atoms with E-state index in [1.807, 2.05) is 0 Å². The summed E-state index contributed by atoms with van der Waals surface area (Å²) < 4.78 is 24.5. The number of hydrogen-bond acceptors (Lipinski definition) is 3. The molecule has 0 aliphatic carbocycles. The lowest BCUT2D eigenvalue weighted by Crippen LogP contribution is -2.40. The highest BCUT2D eigenvalue weighted by Crippen LogP contribution is 2.29. The summed E-state index contributed by atoms with van der Waals surface area (Å²) in [6.07, 6.45) is 2.95. The largest absolute Gasteiger partial charge is 0.467 e. The summed E-state index contributed by atoms with van der Waals surface area (Å²) in [5.41, 5.74) is 1.63. The van der Waals surface area contributed by atoms with Crippen molar-refractivity contribution in [2.24, 2.45) is 10.9 Å². The van der Waals surface area contributed by atoms with Crippen molar-refractivity contribution < 1.29 is 13.9 Å². The Bertz CT molecular complexity index is 559. The fourth-order valence-corrected chi connectivity index (χ4v) is 2.80. The Hall–Kier alpha value is -1.82. The van der Waals surface area contributed by atoms with Crippen molar-refractivity contribution in [1.29, 1.82) is 0 Å². The van der Waals surface area contributed by atoms with Crippen molar-refractivity contribution in [3.05, 3.63) is 29.1 Å². The normalized spacial score (nSPS) is 14.3. The van der Waals surface area contributed by atoms with Crippen molar-refractivity contribution in [1.82, 2.24) is 10.6 Å². The van der Waals surface area contributed by atoms with Gasteiger partial charge in [0.2, 0.25) is 0 Å². The maximum Gasteiger partial charge on any atom is 0.190 e. The van der Waals surface area contributed by atoms with Crippen LogP contribution in [-0.4, -0.2) is 32.9 Å². The molecule has 1 aliphatic rings. The molecule has 0 aromatic heterocycles. The molecule has 0 fully saturated rings. The lowest BCUT2D eigenvalue weighted by molar-refractivity contribution is -0.0172. The third-order valence-electron chi connectivity index (χ3n) is 4.37. The second-order valence-electron chi connectivity index (χ2n) is 5.98. The molecular weight excluding hydrogens is 309 g/mol. The number of ether oxygens (including phenoxy) is 2. The molecule has 6 heteroatoms. The van der Waals surface area contributed by atoms with Crippen LogP contribution in [0.25, 0.3) is 0 Å². The maximum absolute atomic E-state index is 13.7. The monoisotopic (exact) mass is 337 g/mol. The Morgan fingerprint density at radius 2 is 2.08 bits per heavy atom. The number of guanidine groups is 1. The molecule has 0 amide bonds. The van der Waals surface area contributed by atoms with Gasteiger partial charge >= 0.3 is 0 Å². The second kappa shape index (κ2) is 9.47. The number of rotatable bonds is 7. The summed E-state index contributed by atoms with van der Waals surface area (Å²) in [4.78, 5) is 4.23. The molecule has 0 spiro atoms. The summed E-state index contributed by atoms with van der Waals surface area (Å²) in [7, 11) is 1.76. The molecule has 5 nitrogen and oxygen atoms in total. The van der Waals surface area contributed by atoms with Gasteiger partial charge in [0, 0.05) is 25.7 Å². The zero-order valence-corrected chi connectivity index (χ0v) is 14.8. The Balaban J connectivity index is 1.88. The smallest absolute Gasteiger partial charge is 0.190 e. The van der Waals surface area contributed by atoms with Crippen LogP contribution in [-0.2, 0) is 17.8 Å². The summed E-state index contributed by atoms with van der Waals surface area (Å²) in [5.74, 6) is 1.92. The van der Waals surface area contributed by atoms with Crippen LogP contribution in [0.15, 0.2) is 17.1 Å². The van der Waals surface area contributed by atoms with Gasteiger partial charge in [-0.25, -0.2) is 4.39 Å². The third-order valence-corrected chi connectivity index (χ3v) is 4.37. The number of nitrogens with one attached hydrogen (secondary N) is 2. The van der Waals surface area contributed by atoms with Crippen molar-refractivity contribution in [3.8, 4) is 5.75 Å². The Labute approximate surface area is 143 Å². The van der Waals surface area contributed by atoms with E-state index in [0.717, 1.165) is 42.2 Å². The number of halogens is 1. The average Bonchev–Trinajstić information content (AvgIpc) is 2.60. The second-order valence-corrected chi connectivity index (χ2v) is 5.98. The van der Waals surface area contributed by atoms with Crippen molar-refractivity contribution in [2.75, 3.05) is 26.9 Å². The number of hydrogen-bond donors (Lipinski definition) is 2. The summed E-state index contributed by atoms with van der Waals surface area (Å²) in [6, 6.07) is 3.01. The number of benzene rings is 1. The topological polar surface area (TPSA) is 54.9 Å². The van der Waals surface area contributed by atoms with E-state index in [-0.39, 0.29) is 12.6 Å². The summed E-state index contributed by atoms with van der Waals surface area (Å²) in [6.45, 7) is 6.57. The van der Waals surface area contributed by atoms with Gasteiger partial charge in [-0.05, 0) is 30.0 Å². The predicted molar refractivity (Wildman–Crippen MR) is 93.8 cm³/mol. The molecule has 2 rings (SSSR count). The van der Waals surface area contributed by atoms with Gasteiger partial charge in [0.05, 0.1) is 6.61 Å². The van der Waals surface area contributed by atoms with Gasteiger partial charge in [-0.15, -0.1) is 0 Å². The molecule has 1 aromatic rings. The fourth-order valence-electron chi connectivity index (χ4n) is 2.80. The van der Waals surface area contributed by atoms with Crippen LogP contribution < -0.4 is 15.4 Å². The van der Waals surface area contributed by atoms with E-state index >= 15 is 0 Å². The SMILES string of the molecule is CCC(CC)CNC(=NC)NCCc1cc(F)cc2c1OCOC2. The van der Waals surface area contributed by atoms with E-state index in [1.54, 1.807) is 7.05 Å². The van der Waals surface area contributed by atoms with Gasteiger partial charge in [-0.1, -0.05) is 26.7 Å².